The van der Waals surface area contributed by atoms with Crippen molar-refractivity contribution in [2.45, 2.75) is 13.8 Å². The van der Waals surface area contributed by atoms with Gasteiger partial charge in [-0.05, 0) is 31.0 Å². The van der Waals surface area contributed by atoms with Crippen LogP contribution in [-0.2, 0) is 0 Å². The molecule has 4 aromatic rings. The number of piperazine rings is 1. The van der Waals surface area contributed by atoms with Crippen LogP contribution in [0.1, 0.15) is 27.0 Å². The predicted molar refractivity (Wildman–Crippen MR) is 142 cm³/mol. The number of rotatable bonds is 4. The summed E-state index contributed by atoms with van der Waals surface area (Å²) in [5.41, 5.74) is 7.16. The topological polar surface area (TPSA) is 56.2 Å². The van der Waals surface area contributed by atoms with E-state index in [0.29, 0.717) is 24.3 Å². The van der Waals surface area contributed by atoms with Crippen molar-refractivity contribution in [1.29, 1.82) is 0 Å². The molecule has 3 heterocycles. The molecule has 0 amide bonds. The highest BCUT2D eigenvalue weighted by Crippen LogP contribution is 2.39. The second-order valence-electron chi connectivity index (χ2n) is 9.48. The van der Waals surface area contributed by atoms with Crippen LogP contribution in [0.4, 0.5) is 11.4 Å². The zero-order valence-corrected chi connectivity index (χ0v) is 20.7. The van der Waals surface area contributed by atoms with Gasteiger partial charge in [-0.25, -0.2) is 4.98 Å². The number of hydrogen-bond donors (Lipinski definition) is 0. The van der Waals surface area contributed by atoms with Crippen LogP contribution >= 0.6 is 0 Å². The van der Waals surface area contributed by atoms with E-state index >= 15 is 0 Å². The van der Waals surface area contributed by atoms with Crippen molar-refractivity contribution in [1.82, 2.24) is 0 Å². The van der Waals surface area contributed by atoms with E-state index in [9.17, 15) is 4.79 Å². The Morgan fingerprint density at radius 2 is 1.53 bits per heavy atom. The number of nitrogens with one attached hydrogen (secondary N) is 1. The molecule has 0 bridgehead atoms. The maximum Gasteiger partial charge on any atom is 0.216 e. The van der Waals surface area contributed by atoms with E-state index in [1.165, 1.54) is 16.8 Å². The molecule has 0 radical (unpaired) electrons. The maximum atomic E-state index is 13.7. The molecule has 2 aliphatic rings. The zero-order valence-electron chi connectivity index (χ0n) is 20.7. The molecule has 0 saturated carbocycles. The number of nitrogens with zero attached hydrogens (tertiary/aromatic N) is 2. The Hall–Kier alpha value is -4.06. The van der Waals surface area contributed by atoms with Crippen molar-refractivity contribution in [2.24, 2.45) is 0 Å². The molecule has 1 fully saturated rings. The molecule has 2 aliphatic heterocycles. The number of pyridine rings is 1. The Bertz CT molecular complexity index is 1440. The van der Waals surface area contributed by atoms with Gasteiger partial charge < -0.3 is 19.3 Å². The minimum Gasteiger partial charge on any atom is -0.486 e. The molecule has 3 aromatic carbocycles. The van der Waals surface area contributed by atoms with Crippen LogP contribution in [0.5, 0.6) is 11.5 Å². The van der Waals surface area contributed by atoms with E-state index in [1.807, 2.05) is 48.7 Å². The van der Waals surface area contributed by atoms with Gasteiger partial charge in [-0.1, -0.05) is 42.5 Å². The van der Waals surface area contributed by atoms with Crippen LogP contribution in [0, 0.1) is 13.8 Å². The quantitative estimate of drug-likeness (QED) is 0.400. The third-order valence-corrected chi connectivity index (χ3v) is 7.36. The summed E-state index contributed by atoms with van der Waals surface area (Å²) in [5, 5.41) is 0.973. The molecule has 6 rings (SSSR count). The second kappa shape index (κ2) is 9.19. The lowest BCUT2D eigenvalue weighted by Crippen LogP contribution is -2.47. The number of carbonyl (C=O) groups excluding carboxylic acids is 1. The number of anilines is 2. The number of ketones is 1. The number of hydrogen-bond acceptors (Lipinski definition) is 5. The highest BCUT2D eigenvalue weighted by atomic mass is 16.6. The first-order valence-corrected chi connectivity index (χ1v) is 12.5. The summed E-state index contributed by atoms with van der Waals surface area (Å²) in [6.45, 7) is 8.81. The van der Waals surface area contributed by atoms with Crippen molar-refractivity contribution in [3.63, 3.8) is 0 Å². The fourth-order valence-electron chi connectivity index (χ4n) is 5.28. The van der Waals surface area contributed by atoms with Crippen LogP contribution in [0.25, 0.3) is 10.9 Å². The lowest BCUT2D eigenvalue weighted by molar-refractivity contribution is -0.344. The molecule has 1 N–H and O–H groups in total. The van der Waals surface area contributed by atoms with E-state index in [-0.39, 0.29) is 5.78 Å². The highest BCUT2D eigenvalue weighted by molar-refractivity contribution is 6.15. The van der Waals surface area contributed by atoms with E-state index < -0.39 is 0 Å². The van der Waals surface area contributed by atoms with Crippen molar-refractivity contribution < 1.29 is 19.3 Å². The van der Waals surface area contributed by atoms with Gasteiger partial charge in [-0.2, -0.15) is 0 Å². The molecule has 0 atom stereocenters. The molecule has 1 saturated heterocycles. The van der Waals surface area contributed by atoms with Gasteiger partial charge in [0.05, 0.1) is 17.1 Å². The van der Waals surface area contributed by atoms with E-state index in [4.69, 9.17) is 9.47 Å². The molecule has 1 aromatic heterocycles. The smallest absolute Gasteiger partial charge is 0.216 e. The third kappa shape index (κ3) is 3.92. The van der Waals surface area contributed by atoms with Gasteiger partial charge in [-0.15, -0.1) is 0 Å². The van der Waals surface area contributed by atoms with Gasteiger partial charge >= 0.3 is 0 Å². The van der Waals surface area contributed by atoms with Gasteiger partial charge in [0.25, 0.3) is 0 Å². The number of aryl methyl sites for hydroxylation is 1. The second-order valence-corrected chi connectivity index (χ2v) is 9.48. The monoisotopic (exact) mass is 480 g/mol. The van der Waals surface area contributed by atoms with Gasteiger partial charge in [0, 0.05) is 43.5 Å². The number of benzene rings is 3. The van der Waals surface area contributed by atoms with Crippen LogP contribution in [0.3, 0.4) is 0 Å². The predicted octanol–water partition coefficient (Wildman–Crippen LogP) is 4.60. The molecule has 36 heavy (non-hydrogen) atoms. The number of aromatic amines is 1. The van der Waals surface area contributed by atoms with E-state index in [2.05, 4.69) is 46.8 Å². The number of ether oxygens (including phenoxy) is 2. The molecule has 6 heteroatoms. The molecule has 0 unspecified atom stereocenters. The lowest BCUT2D eigenvalue weighted by atomic mass is 9.99. The van der Waals surface area contributed by atoms with Gasteiger partial charge in [-0.3, -0.25) is 4.79 Å². The Balaban J connectivity index is 1.41. The van der Waals surface area contributed by atoms with E-state index in [0.717, 1.165) is 54.3 Å². The molecular weight excluding hydrogens is 450 g/mol. The Morgan fingerprint density at radius 1 is 0.833 bits per heavy atom. The van der Waals surface area contributed by atoms with E-state index in [1.54, 1.807) is 0 Å². The summed E-state index contributed by atoms with van der Waals surface area (Å²) in [5.74, 6) is 1.47. The molecular formula is C30H30N3O3+. The lowest BCUT2D eigenvalue weighted by Gasteiger charge is -2.39. The number of aromatic nitrogens is 1. The molecule has 182 valence electrons. The Morgan fingerprint density at radius 3 is 2.28 bits per heavy atom. The minimum absolute atomic E-state index is 0.00981. The Labute approximate surface area is 211 Å². The first-order valence-electron chi connectivity index (χ1n) is 12.5. The molecule has 0 aliphatic carbocycles. The SMILES string of the molecule is Cc1cccc(N2CCN(c3c(C(=O)c4ccccc4)c[nH+]c4cc5c(cc34)OCCO5)CC2)c1C. The summed E-state index contributed by atoms with van der Waals surface area (Å²) in [6, 6.07) is 20.0. The zero-order chi connectivity index (χ0) is 24.6. The minimum atomic E-state index is 0.00981. The number of fused-ring (bicyclic) bond motifs is 2. The van der Waals surface area contributed by atoms with Crippen LogP contribution in [0.2, 0.25) is 0 Å². The summed E-state index contributed by atoms with van der Waals surface area (Å²) >= 11 is 0. The van der Waals surface area contributed by atoms with Gasteiger partial charge in [0.15, 0.2) is 17.7 Å². The standard InChI is InChI=1S/C30H29N3O3/c1-20-7-6-10-26(21(20)2)32-11-13-33(14-12-32)29-23-17-27-28(36-16-15-35-27)18-25(23)31-19-24(29)30(34)22-8-4-3-5-9-22/h3-10,17-19H,11-16H2,1-2H3/p+1. The normalized spacial score (nSPS) is 15.3. The van der Waals surface area contributed by atoms with Crippen molar-refractivity contribution in [3.05, 3.63) is 89.1 Å². The molecule has 0 spiro atoms. The number of carbonyl (C=O) groups is 1. The summed E-state index contributed by atoms with van der Waals surface area (Å²) in [4.78, 5) is 21.9. The third-order valence-electron chi connectivity index (χ3n) is 7.36. The largest absolute Gasteiger partial charge is 0.486 e. The molecule has 6 nitrogen and oxygen atoms in total. The average Bonchev–Trinajstić information content (AvgIpc) is 2.93. The fourth-order valence-corrected chi connectivity index (χ4v) is 5.28. The Kier molecular flexibility index (Phi) is 5.72. The highest BCUT2D eigenvalue weighted by Gasteiger charge is 2.29. The van der Waals surface area contributed by atoms with Gasteiger partial charge in [0.1, 0.15) is 18.8 Å². The van der Waals surface area contributed by atoms with Crippen molar-refractivity contribution in [2.75, 3.05) is 49.2 Å². The fraction of sp³-hybridized carbons (Fsp3) is 0.267. The number of H-pyrrole nitrogens is 1. The van der Waals surface area contributed by atoms with Crippen molar-refractivity contribution >= 4 is 28.1 Å². The first kappa shape index (κ1) is 22.4. The average molecular weight is 481 g/mol. The van der Waals surface area contributed by atoms with Crippen LogP contribution < -0.4 is 24.3 Å². The summed E-state index contributed by atoms with van der Waals surface area (Å²) in [6.07, 6.45) is 1.85. The van der Waals surface area contributed by atoms with Crippen LogP contribution in [-0.4, -0.2) is 45.2 Å². The van der Waals surface area contributed by atoms with Gasteiger partial charge in [0.2, 0.25) is 11.3 Å². The summed E-state index contributed by atoms with van der Waals surface area (Å²) in [7, 11) is 0. The van der Waals surface area contributed by atoms with Crippen molar-refractivity contribution in [3.8, 4) is 11.5 Å². The van der Waals surface area contributed by atoms with Crippen LogP contribution in [0.15, 0.2) is 66.9 Å². The summed E-state index contributed by atoms with van der Waals surface area (Å²) < 4.78 is 11.7. The first-order chi connectivity index (χ1) is 17.6. The maximum absolute atomic E-state index is 13.7.